The highest BCUT2D eigenvalue weighted by Gasteiger charge is 2.27. The SMILES string of the molecule is CC(C)[C@H](NC(=O)c1cccc(C(=O)N[C@H](C(=O)N/N=C/c2ccc(Cl)cc2)C(C)C)n1)C(=O)N/N=C/c1ccc(Cl)cc1. The molecule has 0 radical (unpaired) electrons. The van der Waals surface area contributed by atoms with E-state index in [0.29, 0.717) is 10.0 Å². The van der Waals surface area contributed by atoms with E-state index in [1.54, 1.807) is 76.2 Å². The summed E-state index contributed by atoms with van der Waals surface area (Å²) >= 11 is 11.8. The Kier molecular flexibility index (Phi) is 12.5. The van der Waals surface area contributed by atoms with Crippen LogP contribution < -0.4 is 21.5 Å². The van der Waals surface area contributed by atoms with Gasteiger partial charge in [0.15, 0.2) is 0 Å². The second-order valence-corrected chi connectivity index (χ2v) is 11.2. The molecule has 0 fully saturated rings. The zero-order valence-corrected chi connectivity index (χ0v) is 26.1. The Balaban J connectivity index is 1.63. The normalized spacial score (nSPS) is 12.7. The molecule has 0 unspecified atom stereocenters. The van der Waals surface area contributed by atoms with Crippen LogP contribution in [-0.4, -0.2) is 53.1 Å². The van der Waals surface area contributed by atoms with Crippen LogP contribution in [0.3, 0.4) is 0 Å². The molecule has 0 bridgehead atoms. The van der Waals surface area contributed by atoms with Gasteiger partial charge in [0, 0.05) is 10.0 Å². The molecule has 3 aromatic rings. The zero-order chi connectivity index (χ0) is 32.2. The van der Waals surface area contributed by atoms with Gasteiger partial charge in [-0.2, -0.15) is 10.2 Å². The molecule has 11 nitrogen and oxygen atoms in total. The van der Waals surface area contributed by atoms with Gasteiger partial charge in [0.1, 0.15) is 23.5 Å². The van der Waals surface area contributed by atoms with Crippen molar-refractivity contribution in [3.05, 3.63) is 99.3 Å². The predicted octanol–water partition coefficient (Wildman–Crippen LogP) is 4.20. The van der Waals surface area contributed by atoms with Crippen LogP contribution in [0.15, 0.2) is 76.9 Å². The molecule has 2 atom stereocenters. The Morgan fingerprint density at radius 1 is 0.636 bits per heavy atom. The predicted molar refractivity (Wildman–Crippen MR) is 171 cm³/mol. The highest BCUT2D eigenvalue weighted by Crippen LogP contribution is 2.10. The van der Waals surface area contributed by atoms with Crippen molar-refractivity contribution in [2.45, 2.75) is 39.8 Å². The van der Waals surface area contributed by atoms with E-state index in [-0.39, 0.29) is 23.2 Å². The van der Waals surface area contributed by atoms with Crippen molar-refractivity contribution in [1.82, 2.24) is 26.5 Å². The summed E-state index contributed by atoms with van der Waals surface area (Å²) in [5.74, 6) is -2.96. The number of aromatic nitrogens is 1. The number of nitrogens with one attached hydrogen (secondary N) is 4. The lowest BCUT2D eigenvalue weighted by atomic mass is 10.0. The Morgan fingerprint density at radius 3 is 1.34 bits per heavy atom. The Hall–Kier alpha value is -4.61. The third-order valence-electron chi connectivity index (χ3n) is 6.20. The second kappa shape index (κ2) is 16.3. The molecule has 0 aliphatic rings. The number of carbonyl (C=O) groups excluding carboxylic acids is 4. The van der Waals surface area contributed by atoms with Crippen LogP contribution >= 0.6 is 23.2 Å². The van der Waals surface area contributed by atoms with E-state index < -0.39 is 35.7 Å². The van der Waals surface area contributed by atoms with Gasteiger partial charge < -0.3 is 10.6 Å². The van der Waals surface area contributed by atoms with Crippen LogP contribution in [0.5, 0.6) is 0 Å². The van der Waals surface area contributed by atoms with Crippen molar-refractivity contribution in [3.63, 3.8) is 0 Å². The molecule has 0 saturated carbocycles. The highest BCUT2D eigenvalue weighted by atomic mass is 35.5. The van der Waals surface area contributed by atoms with Crippen LogP contribution in [-0.2, 0) is 9.59 Å². The largest absolute Gasteiger partial charge is 0.339 e. The molecule has 0 aliphatic carbocycles. The third kappa shape index (κ3) is 10.3. The average molecular weight is 639 g/mol. The first-order valence-electron chi connectivity index (χ1n) is 13.7. The van der Waals surface area contributed by atoms with Crippen molar-refractivity contribution in [2.75, 3.05) is 0 Å². The second-order valence-electron chi connectivity index (χ2n) is 10.4. The fourth-order valence-electron chi connectivity index (χ4n) is 3.77. The minimum atomic E-state index is -0.938. The Bertz CT molecular complexity index is 1410. The fraction of sp³-hybridized carbons (Fsp3) is 0.258. The first-order chi connectivity index (χ1) is 20.9. The molecular formula is C31H33Cl2N7O4. The third-order valence-corrected chi connectivity index (χ3v) is 6.71. The molecule has 2 aromatic carbocycles. The van der Waals surface area contributed by atoms with Crippen LogP contribution in [0.25, 0.3) is 0 Å². The number of hydrogen-bond acceptors (Lipinski definition) is 7. The minimum Gasteiger partial charge on any atom is -0.339 e. The van der Waals surface area contributed by atoms with Crippen LogP contribution in [0.4, 0.5) is 0 Å². The summed E-state index contributed by atoms with van der Waals surface area (Å²) in [4.78, 5) is 55.8. The number of halogens is 2. The van der Waals surface area contributed by atoms with Gasteiger partial charge in [-0.1, -0.05) is 81.2 Å². The summed E-state index contributed by atoms with van der Waals surface area (Å²) in [5, 5.41) is 14.3. The van der Waals surface area contributed by atoms with Gasteiger partial charge in [-0.05, 0) is 59.4 Å². The molecule has 0 aliphatic heterocycles. The van der Waals surface area contributed by atoms with Crippen LogP contribution in [0.2, 0.25) is 10.0 Å². The molecule has 4 N–H and O–H groups in total. The van der Waals surface area contributed by atoms with Crippen molar-refractivity contribution in [3.8, 4) is 0 Å². The first kappa shape index (κ1) is 33.9. The van der Waals surface area contributed by atoms with E-state index in [1.807, 2.05) is 0 Å². The fourth-order valence-corrected chi connectivity index (χ4v) is 4.02. The lowest BCUT2D eigenvalue weighted by Gasteiger charge is -2.21. The van der Waals surface area contributed by atoms with E-state index in [9.17, 15) is 19.2 Å². The number of nitrogens with zero attached hydrogens (tertiary/aromatic N) is 3. The Morgan fingerprint density at radius 2 is 1.00 bits per heavy atom. The van der Waals surface area contributed by atoms with Crippen molar-refractivity contribution in [2.24, 2.45) is 22.0 Å². The summed E-state index contributed by atoms with van der Waals surface area (Å²) in [6.07, 6.45) is 2.90. The number of benzene rings is 2. The summed E-state index contributed by atoms with van der Waals surface area (Å²) in [6, 6.07) is 16.2. The van der Waals surface area contributed by atoms with Crippen LogP contribution in [0.1, 0.15) is 59.8 Å². The molecule has 1 aromatic heterocycles. The number of pyridine rings is 1. The molecule has 0 spiro atoms. The maximum absolute atomic E-state index is 13.0. The van der Waals surface area contributed by atoms with E-state index in [2.05, 4.69) is 36.7 Å². The molecule has 4 amide bonds. The van der Waals surface area contributed by atoms with Crippen LogP contribution in [0, 0.1) is 11.8 Å². The molecule has 1 heterocycles. The number of amides is 4. The van der Waals surface area contributed by atoms with E-state index >= 15 is 0 Å². The summed E-state index contributed by atoms with van der Waals surface area (Å²) in [7, 11) is 0. The lowest BCUT2D eigenvalue weighted by molar-refractivity contribution is -0.124. The van der Waals surface area contributed by atoms with Crippen molar-refractivity contribution in [1.29, 1.82) is 0 Å². The maximum atomic E-state index is 13.0. The molecular weight excluding hydrogens is 605 g/mol. The number of hydrogen-bond donors (Lipinski definition) is 4. The van der Waals surface area contributed by atoms with Crippen molar-refractivity contribution < 1.29 is 19.2 Å². The van der Waals surface area contributed by atoms with Gasteiger partial charge in [-0.15, -0.1) is 0 Å². The number of hydrazone groups is 2. The Labute approximate surface area is 265 Å². The van der Waals surface area contributed by atoms with Gasteiger partial charge in [0.2, 0.25) is 0 Å². The molecule has 230 valence electrons. The minimum absolute atomic E-state index is 0.0844. The molecule has 44 heavy (non-hydrogen) atoms. The zero-order valence-electron chi connectivity index (χ0n) is 24.5. The summed E-state index contributed by atoms with van der Waals surface area (Å²) < 4.78 is 0. The summed E-state index contributed by atoms with van der Waals surface area (Å²) in [6.45, 7) is 7.06. The van der Waals surface area contributed by atoms with E-state index in [4.69, 9.17) is 23.2 Å². The highest BCUT2D eigenvalue weighted by molar-refractivity contribution is 6.30. The van der Waals surface area contributed by atoms with E-state index in [0.717, 1.165) is 11.1 Å². The van der Waals surface area contributed by atoms with Crippen molar-refractivity contribution >= 4 is 59.3 Å². The topological polar surface area (TPSA) is 154 Å². The van der Waals surface area contributed by atoms with Gasteiger partial charge in [0.25, 0.3) is 23.6 Å². The lowest BCUT2D eigenvalue weighted by Crippen LogP contribution is -2.49. The average Bonchev–Trinajstić information content (AvgIpc) is 3.00. The first-order valence-corrected chi connectivity index (χ1v) is 14.5. The summed E-state index contributed by atoms with van der Waals surface area (Å²) in [5.41, 5.74) is 6.13. The monoisotopic (exact) mass is 637 g/mol. The number of rotatable bonds is 12. The quantitative estimate of drug-likeness (QED) is 0.173. The number of carbonyl (C=O) groups is 4. The maximum Gasteiger partial charge on any atom is 0.270 e. The smallest absolute Gasteiger partial charge is 0.270 e. The standard InChI is InChI=1S/C31H33Cl2N7O4/c1-18(2)26(30(43)39-34-16-20-8-12-22(32)13-9-20)37-28(41)24-6-5-7-25(36-24)29(42)38-27(19(3)4)31(44)40-35-17-21-10-14-23(33)15-11-21/h5-19,26-27H,1-4H3,(H,37,41)(H,38,42)(H,39,43)(H,40,44)/b34-16+,35-17+/t26-,27-/m0/s1. The van der Waals surface area contributed by atoms with Gasteiger partial charge in [-0.25, -0.2) is 15.8 Å². The molecule has 13 heteroatoms. The van der Waals surface area contributed by atoms with Gasteiger partial charge >= 0.3 is 0 Å². The van der Waals surface area contributed by atoms with Gasteiger partial charge in [0.05, 0.1) is 12.4 Å². The molecule has 0 saturated heterocycles. The molecule has 3 rings (SSSR count). The van der Waals surface area contributed by atoms with E-state index in [1.165, 1.54) is 30.6 Å². The van der Waals surface area contributed by atoms with Gasteiger partial charge in [-0.3, -0.25) is 19.2 Å².